The molecule has 0 radical (unpaired) electrons. The van der Waals surface area contributed by atoms with E-state index in [1.165, 1.54) is 0 Å². The van der Waals surface area contributed by atoms with Gasteiger partial charge in [-0.25, -0.2) is 4.98 Å². The molecule has 0 atom stereocenters. The van der Waals surface area contributed by atoms with Crippen LogP contribution >= 0.6 is 0 Å². The molecule has 1 aromatic heterocycles. The monoisotopic (exact) mass is 240 g/mol. The van der Waals surface area contributed by atoms with Crippen LogP contribution in [0.1, 0.15) is 5.69 Å². The summed E-state index contributed by atoms with van der Waals surface area (Å²) in [5, 5.41) is 3.05. The van der Waals surface area contributed by atoms with E-state index in [2.05, 4.69) is 10.3 Å². The third kappa shape index (κ3) is 6.21. The maximum atomic E-state index is 5.47. The molecule has 1 N–H and O–H groups in total. The zero-order valence-corrected chi connectivity index (χ0v) is 10.4. The molecule has 1 rings (SSSR count). The van der Waals surface area contributed by atoms with E-state index in [1.54, 1.807) is 7.11 Å². The maximum Gasteiger partial charge on any atom is 0.213 e. The van der Waals surface area contributed by atoms with E-state index in [9.17, 15) is 0 Å². The fraction of sp³-hybridized carbons (Fsp3) is 0.583. The largest absolute Gasteiger partial charge is 0.475 e. The lowest BCUT2D eigenvalue weighted by molar-refractivity contribution is 0.0536. The van der Waals surface area contributed by atoms with Gasteiger partial charge in [-0.15, -0.1) is 0 Å². The highest BCUT2D eigenvalue weighted by Crippen LogP contribution is 2.07. The van der Waals surface area contributed by atoms with Crippen LogP contribution in [0, 0.1) is 0 Å². The Morgan fingerprint density at radius 2 is 2.00 bits per heavy atom. The van der Waals surface area contributed by atoms with Crippen molar-refractivity contribution in [1.29, 1.82) is 0 Å². The highest BCUT2D eigenvalue weighted by atomic mass is 16.5. The second kappa shape index (κ2) is 8.92. The number of nitrogens with one attached hydrogen (secondary N) is 1. The van der Waals surface area contributed by atoms with Crippen LogP contribution in [0.4, 0.5) is 0 Å². The van der Waals surface area contributed by atoms with Gasteiger partial charge in [0.25, 0.3) is 0 Å². The number of pyridine rings is 1. The summed E-state index contributed by atoms with van der Waals surface area (Å²) in [7, 11) is 3.54. The van der Waals surface area contributed by atoms with Crippen LogP contribution in [0.5, 0.6) is 5.88 Å². The van der Waals surface area contributed by atoms with E-state index in [1.807, 2.05) is 25.2 Å². The van der Waals surface area contributed by atoms with Crippen molar-refractivity contribution in [2.45, 2.75) is 6.54 Å². The fourth-order valence-electron chi connectivity index (χ4n) is 1.27. The number of rotatable bonds is 9. The van der Waals surface area contributed by atoms with Crippen molar-refractivity contribution in [3.05, 3.63) is 23.9 Å². The van der Waals surface area contributed by atoms with Crippen molar-refractivity contribution in [3.63, 3.8) is 0 Å². The molecule has 5 nitrogen and oxygen atoms in total. The number of ether oxygens (including phenoxy) is 3. The second-order valence-electron chi connectivity index (χ2n) is 3.45. The first-order valence-electron chi connectivity index (χ1n) is 5.67. The van der Waals surface area contributed by atoms with Gasteiger partial charge in [0.05, 0.1) is 25.5 Å². The highest BCUT2D eigenvalue weighted by molar-refractivity contribution is 5.15. The van der Waals surface area contributed by atoms with E-state index >= 15 is 0 Å². The standard InChI is InChI=1S/C12H20N2O3/c1-13-10-11-4-3-5-12(14-11)17-9-8-16-7-6-15-2/h3-5,13H,6-10H2,1-2H3. The third-order valence-electron chi connectivity index (χ3n) is 2.05. The van der Waals surface area contributed by atoms with Gasteiger partial charge in [-0.3, -0.25) is 0 Å². The van der Waals surface area contributed by atoms with Crippen molar-refractivity contribution in [3.8, 4) is 5.88 Å². The van der Waals surface area contributed by atoms with Crippen LogP contribution in [-0.2, 0) is 16.0 Å². The normalized spacial score (nSPS) is 10.5. The molecule has 0 spiro atoms. The predicted molar refractivity (Wildman–Crippen MR) is 65.2 cm³/mol. The van der Waals surface area contributed by atoms with Crippen molar-refractivity contribution >= 4 is 0 Å². The van der Waals surface area contributed by atoms with Crippen molar-refractivity contribution in [1.82, 2.24) is 10.3 Å². The van der Waals surface area contributed by atoms with Gasteiger partial charge in [-0.1, -0.05) is 6.07 Å². The summed E-state index contributed by atoms with van der Waals surface area (Å²) in [6.45, 7) is 2.98. The lowest BCUT2D eigenvalue weighted by Gasteiger charge is -2.07. The first-order valence-corrected chi connectivity index (χ1v) is 5.67. The number of nitrogens with zero attached hydrogens (tertiary/aromatic N) is 1. The summed E-state index contributed by atoms with van der Waals surface area (Å²) < 4.78 is 15.6. The van der Waals surface area contributed by atoms with E-state index in [0.717, 1.165) is 12.2 Å². The summed E-state index contributed by atoms with van der Waals surface area (Å²) in [6.07, 6.45) is 0. The van der Waals surface area contributed by atoms with Crippen LogP contribution in [0.3, 0.4) is 0 Å². The maximum absolute atomic E-state index is 5.47. The van der Waals surface area contributed by atoms with Crippen molar-refractivity contribution < 1.29 is 14.2 Å². The molecular formula is C12H20N2O3. The van der Waals surface area contributed by atoms with Crippen LogP contribution < -0.4 is 10.1 Å². The summed E-state index contributed by atoms with van der Waals surface area (Å²) >= 11 is 0. The fourth-order valence-corrected chi connectivity index (χ4v) is 1.27. The number of methoxy groups -OCH3 is 1. The predicted octanol–water partition coefficient (Wildman–Crippen LogP) is 0.843. The zero-order chi connectivity index (χ0) is 12.3. The van der Waals surface area contributed by atoms with Gasteiger partial charge >= 0.3 is 0 Å². The van der Waals surface area contributed by atoms with Crippen molar-refractivity contribution in [2.75, 3.05) is 40.6 Å². The minimum Gasteiger partial charge on any atom is -0.475 e. The molecule has 0 amide bonds. The molecule has 1 heterocycles. The Kier molecular flexibility index (Phi) is 7.29. The van der Waals surface area contributed by atoms with Gasteiger partial charge in [0.2, 0.25) is 5.88 Å². The zero-order valence-electron chi connectivity index (χ0n) is 10.4. The molecule has 0 fully saturated rings. The average molecular weight is 240 g/mol. The van der Waals surface area contributed by atoms with Crippen LogP contribution in [-0.4, -0.2) is 45.6 Å². The Labute approximate surface area is 102 Å². The first kappa shape index (κ1) is 13.9. The van der Waals surface area contributed by atoms with Gasteiger partial charge in [0.1, 0.15) is 6.61 Å². The van der Waals surface area contributed by atoms with Crippen LogP contribution in [0.15, 0.2) is 18.2 Å². The Bertz CT molecular complexity index is 308. The minimum atomic E-state index is 0.500. The lowest BCUT2D eigenvalue weighted by atomic mass is 10.3. The molecule has 0 saturated carbocycles. The molecule has 5 heteroatoms. The van der Waals surface area contributed by atoms with E-state index < -0.39 is 0 Å². The number of aromatic nitrogens is 1. The van der Waals surface area contributed by atoms with Crippen LogP contribution in [0.25, 0.3) is 0 Å². The molecule has 0 unspecified atom stereocenters. The average Bonchev–Trinajstić information content (AvgIpc) is 2.35. The molecule has 96 valence electrons. The molecule has 0 aromatic carbocycles. The van der Waals surface area contributed by atoms with Gasteiger partial charge in [0, 0.05) is 19.7 Å². The number of hydrogen-bond donors (Lipinski definition) is 1. The quantitative estimate of drug-likeness (QED) is 0.648. The molecule has 0 aliphatic carbocycles. The summed E-state index contributed by atoms with van der Waals surface area (Å²) in [6, 6.07) is 5.73. The first-order chi connectivity index (χ1) is 8.36. The van der Waals surface area contributed by atoms with Crippen molar-refractivity contribution in [2.24, 2.45) is 0 Å². The Morgan fingerprint density at radius 3 is 2.76 bits per heavy atom. The molecule has 0 aliphatic rings. The third-order valence-corrected chi connectivity index (χ3v) is 2.05. The molecule has 0 saturated heterocycles. The van der Waals surface area contributed by atoms with Crippen LogP contribution in [0.2, 0.25) is 0 Å². The second-order valence-corrected chi connectivity index (χ2v) is 3.45. The molecular weight excluding hydrogens is 220 g/mol. The van der Waals surface area contributed by atoms with E-state index in [4.69, 9.17) is 14.2 Å². The molecule has 0 aliphatic heterocycles. The van der Waals surface area contributed by atoms with Gasteiger partial charge in [-0.2, -0.15) is 0 Å². The Morgan fingerprint density at radius 1 is 1.18 bits per heavy atom. The van der Waals surface area contributed by atoms with Gasteiger partial charge < -0.3 is 19.5 Å². The Hall–Kier alpha value is -1.17. The topological polar surface area (TPSA) is 52.6 Å². The SMILES string of the molecule is CNCc1cccc(OCCOCCOC)n1. The van der Waals surface area contributed by atoms with E-state index in [-0.39, 0.29) is 0 Å². The summed E-state index contributed by atoms with van der Waals surface area (Å²) in [5.41, 5.74) is 0.963. The van der Waals surface area contributed by atoms with E-state index in [0.29, 0.717) is 32.3 Å². The Balaban J connectivity index is 2.19. The summed E-state index contributed by atoms with van der Waals surface area (Å²) in [5.74, 6) is 0.632. The molecule has 0 bridgehead atoms. The smallest absolute Gasteiger partial charge is 0.213 e. The highest BCUT2D eigenvalue weighted by Gasteiger charge is 1.97. The van der Waals surface area contributed by atoms with Gasteiger partial charge in [-0.05, 0) is 13.1 Å². The molecule has 17 heavy (non-hydrogen) atoms. The summed E-state index contributed by atoms with van der Waals surface area (Å²) in [4.78, 5) is 4.33. The minimum absolute atomic E-state index is 0.500. The molecule has 1 aromatic rings. The lowest BCUT2D eigenvalue weighted by Crippen LogP contribution is -2.11. The number of hydrogen-bond acceptors (Lipinski definition) is 5. The van der Waals surface area contributed by atoms with Gasteiger partial charge in [0.15, 0.2) is 0 Å².